The number of para-hydroxylation sites is 2. The molecule has 0 aliphatic rings. The van der Waals surface area contributed by atoms with Crippen molar-refractivity contribution in [3.63, 3.8) is 0 Å². The van der Waals surface area contributed by atoms with Crippen LogP contribution in [0.5, 0.6) is 0 Å². The van der Waals surface area contributed by atoms with E-state index in [0.29, 0.717) is 16.9 Å². The molecule has 2 amide bonds. The second-order valence-corrected chi connectivity index (χ2v) is 5.58. The minimum atomic E-state index is -0.217. The Morgan fingerprint density at radius 2 is 1.16 bits per heavy atom. The molecular weight excluding hydrogens is 312 g/mol. The van der Waals surface area contributed by atoms with E-state index < -0.39 is 0 Å². The predicted molar refractivity (Wildman–Crippen MR) is 99.6 cm³/mol. The summed E-state index contributed by atoms with van der Waals surface area (Å²) in [5.74, 6) is -0.349. The fourth-order valence-corrected chi connectivity index (χ4v) is 2.46. The first-order valence-corrected chi connectivity index (χ1v) is 8.01. The number of anilines is 2. The maximum absolute atomic E-state index is 12.3. The zero-order valence-corrected chi connectivity index (χ0v) is 13.6. The number of carbonyl (C=O) groups excluding carboxylic acids is 2. The van der Waals surface area contributed by atoms with E-state index in [9.17, 15) is 9.59 Å². The Balaban J connectivity index is 1.70. The first-order chi connectivity index (χ1) is 12.2. The van der Waals surface area contributed by atoms with Crippen molar-refractivity contribution in [3.05, 3.63) is 96.1 Å². The molecule has 0 aromatic heterocycles. The van der Waals surface area contributed by atoms with E-state index in [-0.39, 0.29) is 18.2 Å². The van der Waals surface area contributed by atoms with Crippen molar-refractivity contribution in [3.8, 4) is 0 Å². The van der Waals surface area contributed by atoms with Crippen LogP contribution in [0.25, 0.3) is 0 Å². The Hall–Kier alpha value is -3.40. The molecule has 3 aromatic rings. The summed E-state index contributed by atoms with van der Waals surface area (Å²) in [5, 5.41) is 5.70. The maximum Gasteiger partial charge on any atom is 0.255 e. The molecular formula is C21H18N2O2. The molecule has 3 rings (SSSR count). The van der Waals surface area contributed by atoms with Gasteiger partial charge in [-0.05, 0) is 29.8 Å². The molecule has 124 valence electrons. The lowest BCUT2D eigenvalue weighted by Gasteiger charge is -2.12. The molecule has 0 heterocycles. The SMILES string of the molecule is O=C(Cc1ccccc1)Nc1ccccc1NC(=O)c1ccccc1. The molecule has 0 aliphatic carbocycles. The van der Waals surface area contributed by atoms with Gasteiger partial charge in [0.1, 0.15) is 0 Å². The summed E-state index contributed by atoms with van der Waals surface area (Å²) < 4.78 is 0. The lowest BCUT2D eigenvalue weighted by atomic mass is 10.1. The molecule has 2 N–H and O–H groups in total. The fraction of sp³-hybridized carbons (Fsp3) is 0.0476. The van der Waals surface area contributed by atoms with Crippen molar-refractivity contribution in [2.75, 3.05) is 10.6 Å². The Kier molecular flexibility index (Phi) is 5.22. The molecule has 0 spiro atoms. The number of carbonyl (C=O) groups is 2. The van der Waals surface area contributed by atoms with Crippen LogP contribution in [0.3, 0.4) is 0 Å². The first kappa shape index (κ1) is 16.5. The monoisotopic (exact) mass is 330 g/mol. The van der Waals surface area contributed by atoms with Gasteiger partial charge in [0.2, 0.25) is 5.91 Å². The highest BCUT2D eigenvalue weighted by atomic mass is 16.2. The Bertz CT molecular complexity index is 861. The van der Waals surface area contributed by atoms with E-state index in [0.717, 1.165) is 5.56 Å². The van der Waals surface area contributed by atoms with E-state index in [1.165, 1.54) is 0 Å². The highest BCUT2D eigenvalue weighted by Gasteiger charge is 2.11. The van der Waals surface area contributed by atoms with Crippen LogP contribution in [0.4, 0.5) is 11.4 Å². The van der Waals surface area contributed by atoms with Gasteiger partial charge in [-0.15, -0.1) is 0 Å². The summed E-state index contributed by atoms with van der Waals surface area (Å²) in [4.78, 5) is 24.6. The number of benzene rings is 3. The van der Waals surface area contributed by atoms with E-state index in [1.807, 2.05) is 60.7 Å². The molecule has 0 fully saturated rings. The normalized spacial score (nSPS) is 10.1. The van der Waals surface area contributed by atoms with Gasteiger partial charge in [-0.2, -0.15) is 0 Å². The van der Waals surface area contributed by atoms with Crippen molar-refractivity contribution in [2.24, 2.45) is 0 Å². The van der Waals surface area contributed by atoms with E-state index in [4.69, 9.17) is 0 Å². The molecule has 0 atom stereocenters. The largest absolute Gasteiger partial charge is 0.324 e. The van der Waals surface area contributed by atoms with Gasteiger partial charge < -0.3 is 10.6 Å². The molecule has 3 aromatic carbocycles. The summed E-state index contributed by atoms with van der Waals surface area (Å²) in [5.41, 5.74) is 2.64. The van der Waals surface area contributed by atoms with Gasteiger partial charge >= 0.3 is 0 Å². The molecule has 0 saturated carbocycles. The zero-order valence-electron chi connectivity index (χ0n) is 13.6. The van der Waals surface area contributed by atoms with Crippen LogP contribution >= 0.6 is 0 Å². The van der Waals surface area contributed by atoms with Gasteiger partial charge in [-0.3, -0.25) is 9.59 Å². The molecule has 0 saturated heterocycles. The first-order valence-electron chi connectivity index (χ1n) is 8.01. The highest BCUT2D eigenvalue weighted by Crippen LogP contribution is 2.22. The predicted octanol–water partition coefficient (Wildman–Crippen LogP) is 4.12. The van der Waals surface area contributed by atoms with Crippen LogP contribution in [0.1, 0.15) is 15.9 Å². The number of hydrogen-bond acceptors (Lipinski definition) is 2. The van der Waals surface area contributed by atoms with Gasteiger partial charge in [-0.1, -0.05) is 60.7 Å². The van der Waals surface area contributed by atoms with E-state index >= 15 is 0 Å². The van der Waals surface area contributed by atoms with Crippen molar-refractivity contribution in [1.29, 1.82) is 0 Å². The third-order valence-corrected chi connectivity index (χ3v) is 3.69. The number of nitrogens with one attached hydrogen (secondary N) is 2. The van der Waals surface area contributed by atoms with Crippen LogP contribution in [-0.2, 0) is 11.2 Å². The van der Waals surface area contributed by atoms with Crippen molar-refractivity contribution in [2.45, 2.75) is 6.42 Å². The highest BCUT2D eigenvalue weighted by molar-refractivity contribution is 6.07. The lowest BCUT2D eigenvalue weighted by molar-refractivity contribution is -0.115. The summed E-state index contributed by atoms with van der Waals surface area (Å²) in [7, 11) is 0. The van der Waals surface area contributed by atoms with Crippen LogP contribution in [0, 0.1) is 0 Å². The molecule has 0 aliphatic heterocycles. The van der Waals surface area contributed by atoms with Crippen LogP contribution < -0.4 is 10.6 Å². The fourth-order valence-electron chi connectivity index (χ4n) is 2.46. The standard InChI is InChI=1S/C21H18N2O2/c24-20(15-16-9-3-1-4-10-16)22-18-13-7-8-14-19(18)23-21(25)17-11-5-2-6-12-17/h1-14H,15H2,(H,22,24)(H,23,25). The molecule has 0 bridgehead atoms. The van der Waals surface area contributed by atoms with Crippen molar-refractivity contribution < 1.29 is 9.59 Å². The Morgan fingerprint density at radius 3 is 1.80 bits per heavy atom. The van der Waals surface area contributed by atoms with Crippen LogP contribution in [0.2, 0.25) is 0 Å². The third kappa shape index (κ3) is 4.54. The minimum Gasteiger partial charge on any atom is -0.324 e. The third-order valence-electron chi connectivity index (χ3n) is 3.69. The summed E-state index contributed by atoms with van der Waals surface area (Å²) in [6.07, 6.45) is 0.280. The second kappa shape index (κ2) is 7.93. The molecule has 0 radical (unpaired) electrons. The topological polar surface area (TPSA) is 58.2 Å². The average Bonchev–Trinajstić information content (AvgIpc) is 2.65. The maximum atomic E-state index is 12.3. The van der Waals surface area contributed by atoms with Gasteiger partial charge in [-0.25, -0.2) is 0 Å². The summed E-state index contributed by atoms with van der Waals surface area (Å²) >= 11 is 0. The van der Waals surface area contributed by atoms with Gasteiger partial charge in [0, 0.05) is 5.56 Å². The van der Waals surface area contributed by atoms with Gasteiger partial charge in [0.15, 0.2) is 0 Å². The molecule has 4 heteroatoms. The zero-order chi connectivity index (χ0) is 17.5. The van der Waals surface area contributed by atoms with Gasteiger partial charge in [0.25, 0.3) is 5.91 Å². The molecule has 0 unspecified atom stereocenters. The van der Waals surface area contributed by atoms with Crippen molar-refractivity contribution in [1.82, 2.24) is 0 Å². The molecule has 4 nitrogen and oxygen atoms in total. The Morgan fingerprint density at radius 1 is 0.640 bits per heavy atom. The van der Waals surface area contributed by atoms with Crippen molar-refractivity contribution >= 4 is 23.2 Å². The lowest BCUT2D eigenvalue weighted by Crippen LogP contribution is -2.18. The second-order valence-electron chi connectivity index (χ2n) is 5.58. The summed E-state index contributed by atoms with van der Waals surface area (Å²) in [6, 6.07) is 25.6. The Labute approximate surface area is 146 Å². The van der Waals surface area contributed by atoms with Crippen LogP contribution in [-0.4, -0.2) is 11.8 Å². The summed E-state index contributed by atoms with van der Waals surface area (Å²) in [6.45, 7) is 0. The minimum absolute atomic E-state index is 0.132. The number of amides is 2. The van der Waals surface area contributed by atoms with E-state index in [1.54, 1.807) is 24.3 Å². The van der Waals surface area contributed by atoms with E-state index in [2.05, 4.69) is 10.6 Å². The number of hydrogen-bond donors (Lipinski definition) is 2. The molecule has 25 heavy (non-hydrogen) atoms. The smallest absolute Gasteiger partial charge is 0.255 e. The quantitative estimate of drug-likeness (QED) is 0.739. The van der Waals surface area contributed by atoms with Crippen LogP contribution in [0.15, 0.2) is 84.9 Å². The average molecular weight is 330 g/mol. The number of rotatable bonds is 5. The van der Waals surface area contributed by atoms with Gasteiger partial charge in [0.05, 0.1) is 17.8 Å².